The van der Waals surface area contributed by atoms with Crippen molar-refractivity contribution >= 4 is 39.5 Å². The van der Waals surface area contributed by atoms with Crippen molar-refractivity contribution in [3.05, 3.63) is 52.0 Å². The summed E-state index contributed by atoms with van der Waals surface area (Å²) >= 11 is 3.35. The lowest BCUT2D eigenvalue weighted by Gasteiger charge is -2.20. The van der Waals surface area contributed by atoms with Crippen LogP contribution in [-0.4, -0.2) is 44.8 Å². The Morgan fingerprint density at radius 1 is 1.00 bits per heavy atom. The van der Waals surface area contributed by atoms with Gasteiger partial charge in [-0.25, -0.2) is 9.59 Å². The number of anilines is 1. The van der Waals surface area contributed by atoms with Crippen LogP contribution < -0.4 is 14.8 Å². The van der Waals surface area contributed by atoms with Crippen molar-refractivity contribution in [2.24, 2.45) is 0 Å². The summed E-state index contributed by atoms with van der Waals surface area (Å²) in [4.78, 5) is 35.5. The molecular weight excluding hydrogens is 434 g/mol. The van der Waals surface area contributed by atoms with E-state index in [0.29, 0.717) is 40.4 Å². The molecule has 1 heterocycles. The number of fused-ring (bicyclic) bond motifs is 1. The number of benzene rings is 2. The van der Waals surface area contributed by atoms with E-state index in [2.05, 4.69) is 26.0 Å². The largest absolute Gasteiger partial charge is 0.486 e. The molecule has 1 N–H and O–H groups in total. The number of carbonyl (C=O) groups excluding carboxylic acids is 3. The van der Waals surface area contributed by atoms with E-state index < -0.39 is 24.5 Å². The number of ether oxygens (including phenoxy) is 4. The third kappa shape index (κ3) is 4.61. The topological polar surface area (TPSA) is 100 Å². The number of hydrogen-bond acceptors (Lipinski definition) is 7. The van der Waals surface area contributed by atoms with Crippen molar-refractivity contribution < 1.29 is 33.3 Å². The summed E-state index contributed by atoms with van der Waals surface area (Å²) < 4.78 is 21.1. The molecule has 0 aliphatic carbocycles. The van der Waals surface area contributed by atoms with Crippen LogP contribution in [0.2, 0.25) is 0 Å². The Morgan fingerprint density at radius 2 is 1.57 bits per heavy atom. The lowest BCUT2D eigenvalue weighted by molar-refractivity contribution is -0.119. The first-order valence-corrected chi connectivity index (χ1v) is 9.01. The predicted molar refractivity (Wildman–Crippen MR) is 102 cm³/mol. The minimum Gasteiger partial charge on any atom is -0.486 e. The highest BCUT2D eigenvalue weighted by molar-refractivity contribution is 9.10. The minimum absolute atomic E-state index is 0.209. The zero-order valence-corrected chi connectivity index (χ0v) is 16.4. The number of amides is 1. The van der Waals surface area contributed by atoms with Gasteiger partial charge in [0.2, 0.25) is 0 Å². The van der Waals surface area contributed by atoms with Gasteiger partial charge in [-0.3, -0.25) is 4.79 Å². The van der Waals surface area contributed by atoms with Gasteiger partial charge in [0.15, 0.2) is 18.1 Å². The Kier molecular flexibility index (Phi) is 6.15. The molecule has 0 bridgehead atoms. The second kappa shape index (κ2) is 8.75. The van der Waals surface area contributed by atoms with Gasteiger partial charge in [0.05, 0.1) is 23.9 Å². The molecule has 3 rings (SSSR count). The number of carbonyl (C=O) groups is 3. The van der Waals surface area contributed by atoms with Crippen LogP contribution >= 0.6 is 15.9 Å². The summed E-state index contributed by atoms with van der Waals surface area (Å²) in [5.41, 5.74) is 0.981. The zero-order chi connectivity index (χ0) is 20.1. The molecule has 0 radical (unpaired) electrons. The lowest BCUT2D eigenvalue weighted by atomic mass is 10.1. The van der Waals surface area contributed by atoms with Crippen molar-refractivity contribution in [2.45, 2.75) is 0 Å². The molecule has 0 spiro atoms. The molecular formula is C19H16BrNO7. The fourth-order valence-electron chi connectivity index (χ4n) is 2.42. The summed E-state index contributed by atoms with van der Waals surface area (Å²) in [5, 5.41) is 2.64. The van der Waals surface area contributed by atoms with E-state index in [1.807, 2.05) is 0 Å². The Balaban J connectivity index is 1.57. The summed E-state index contributed by atoms with van der Waals surface area (Å²) in [6.45, 7) is 0.411. The average molecular weight is 450 g/mol. The minimum atomic E-state index is -0.687. The number of esters is 2. The van der Waals surface area contributed by atoms with Crippen molar-refractivity contribution in [2.75, 3.05) is 32.2 Å². The molecule has 9 heteroatoms. The Morgan fingerprint density at radius 3 is 2.18 bits per heavy atom. The van der Waals surface area contributed by atoms with Crippen LogP contribution in [0.1, 0.15) is 20.7 Å². The Labute approximate surface area is 168 Å². The average Bonchev–Trinajstić information content (AvgIpc) is 2.72. The van der Waals surface area contributed by atoms with E-state index in [1.54, 1.807) is 12.1 Å². The van der Waals surface area contributed by atoms with Crippen LogP contribution in [0.5, 0.6) is 11.5 Å². The molecule has 0 aromatic heterocycles. The quantitative estimate of drug-likeness (QED) is 0.700. The van der Waals surface area contributed by atoms with Crippen LogP contribution in [0.4, 0.5) is 5.69 Å². The second-order valence-corrected chi connectivity index (χ2v) is 6.52. The summed E-state index contributed by atoms with van der Waals surface area (Å²) in [6.07, 6.45) is 0. The first kappa shape index (κ1) is 19.7. The number of halogens is 1. The van der Waals surface area contributed by atoms with Gasteiger partial charge in [0.25, 0.3) is 5.91 Å². The van der Waals surface area contributed by atoms with Crippen molar-refractivity contribution in [1.82, 2.24) is 0 Å². The molecule has 28 heavy (non-hydrogen) atoms. The first-order chi connectivity index (χ1) is 13.5. The molecule has 146 valence electrons. The third-order valence-electron chi connectivity index (χ3n) is 3.78. The molecule has 1 amide bonds. The van der Waals surface area contributed by atoms with Crippen LogP contribution in [0.15, 0.2) is 40.9 Å². The molecule has 0 unspecified atom stereocenters. The number of nitrogens with one attached hydrogen (secondary N) is 1. The number of methoxy groups -OCH3 is 1. The van der Waals surface area contributed by atoms with E-state index in [9.17, 15) is 14.4 Å². The van der Waals surface area contributed by atoms with Crippen molar-refractivity contribution in [3.8, 4) is 11.5 Å². The van der Waals surface area contributed by atoms with Gasteiger partial charge in [0.1, 0.15) is 13.2 Å². The first-order valence-electron chi connectivity index (χ1n) is 8.22. The van der Waals surface area contributed by atoms with Gasteiger partial charge in [-0.15, -0.1) is 0 Å². The molecule has 2 aromatic carbocycles. The van der Waals surface area contributed by atoms with Crippen LogP contribution in [0.25, 0.3) is 0 Å². The predicted octanol–water partition coefficient (Wildman–Crippen LogP) is 2.80. The monoisotopic (exact) mass is 449 g/mol. The van der Waals surface area contributed by atoms with E-state index in [4.69, 9.17) is 14.2 Å². The normalized spacial score (nSPS) is 12.1. The van der Waals surface area contributed by atoms with Gasteiger partial charge < -0.3 is 24.3 Å². The standard InChI is InChI=1S/C19H16BrNO7/c1-25-18(23)11-2-4-12(5-3-11)19(24)28-10-17(22)21-14-9-16-15(8-13(14)20)26-6-7-27-16/h2-5,8-9H,6-7,10H2,1H3,(H,21,22). The van der Waals surface area contributed by atoms with E-state index >= 15 is 0 Å². The van der Waals surface area contributed by atoms with E-state index in [1.165, 1.54) is 31.4 Å². The van der Waals surface area contributed by atoms with Crippen LogP contribution in [0.3, 0.4) is 0 Å². The summed E-state index contributed by atoms with van der Waals surface area (Å²) in [7, 11) is 1.27. The van der Waals surface area contributed by atoms with Gasteiger partial charge in [-0.1, -0.05) is 0 Å². The van der Waals surface area contributed by atoms with Gasteiger partial charge in [-0.2, -0.15) is 0 Å². The fourth-order valence-corrected chi connectivity index (χ4v) is 2.84. The highest BCUT2D eigenvalue weighted by atomic mass is 79.9. The Hall–Kier alpha value is -3.07. The number of rotatable bonds is 5. The molecule has 0 saturated heterocycles. The van der Waals surface area contributed by atoms with Gasteiger partial charge in [-0.05, 0) is 40.2 Å². The van der Waals surface area contributed by atoms with Gasteiger partial charge >= 0.3 is 11.9 Å². The van der Waals surface area contributed by atoms with Crippen molar-refractivity contribution in [3.63, 3.8) is 0 Å². The number of hydrogen-bond donors (Lipinski definition) is 1. The maximum Gasteiger partial charge on any atom is 0.338 e. The van der Waals surface area contributed by atoms with Crippen molar-refractivity contribution in [1.29, 1.82) is 0 Å². The van der Waals surface area contributed by atoms with E-state index in [0.717, 1.165) is 0 Å². The van der Waals surface area contributed by atoms with Crippen LogP contribution in [0, 0.1) is 0 Å². The van der Waals surface area contributed by atoms with Crippen LogP contribution in [-0.2, 0) is 14.3 Å². The highest BCUT2D eigenvalue weighted by Gasteiger charge is 2.17. The molecule has 1 aliphatic heterocycles. The summed E-state index contributed by atoms with van der Waals surface area (Å²) in [5.74, 6) is -0.612. The maximum absolute atomic E-state index is 12.1. The second-order valence-electron chi connectivity index (χ2n) is 5.67. The third-order valence-corrected chi connectivity index (χ3v) is 4.44. The maximum atomic E-state index is 12.1. The molecule has 2 aromatic rings. The van der Waals surface area contributed by atoms with E-state index in [-0.39, 0.29) is 5.56 Å². The summed E-state index contributed by atoms with van der Waals surface area (Å²) in [6, 6.07) is 9.04. The molecule has 0 atom stereocenters. The molecule has 8 nitrogen and oxygen atoms in total. The lowest BCUT2D eigenvalue weighted by Crippen LogP contribution is -2.21. The SMILES string of the molecule is COC(=O)c1ccc(C(=O)OCC(=O)Nc2cc3c(cc2Br)OCCO3)cc1. The molecule has 0 saturated carbocycles. The highest BCUT2D eigenvalue weighted by Crippen LogP contribution is 2.38. The fraction of sp³-hybridized carbons (Fsp3) is 0.211. The molecule has 0 fully saturated rings. The zero-order valence-electron chi connectivity index (χ0n) is 14.8. The smallest absolute Gasteiger partial charge is 0.338 e. The molecule has 1 aliphatic rings. The van der Waals surface area contributed by atoms with Gasteiger partial charge in [0, 0.05) is 16.6 Å². The Bertz CT molecular complexity index is 911.